The summed E-state index contributed by atoms with van der Waals surface area (Å²) in [4.78, 5) is 4.49. The van der Waals surface area contributed by atoms with Crippen LogP contribution in [0.3, 0.4) is 0 Å². The monoisotopic (exact) mass is 290 g/mol. The first-order valence-corrected chi connectivity index (χ1v) is 7.81. The van der Waals surface area contributed by atoms with E-state index in [1.165, 1.54) is 0 Å². The number of aromatic nitrogens is 1. The van der Waals surface area contributed by atoms with Crippen LogP contribution in [0.15, 0.2) is 29.6 Å². The van der Waals surface area contributed by atoms with Crippen LogP contribution in [0.4, 0.5) is 5.69 Å². The quantitative estimate of drug-likeness (QED) is 0.847. The van der Waals surface area contributed by atoms with Crippen LogP contribution >= 0.6 is 11.3 Å². The average Bonchev–Trinajstić information content (AvgIpc) is 2.92. The van der Waals surface area contributed by atoms with Crippen LogP contribution in [0.5, 0.6) is 0 Å². The van der Waals surface area contributed by atoms with Crippen molar-refractivity contribution < 1.29 is 5.11 Å². The highest BCUT2D eigenvalue weighted by Crippen LogP contribution is 2.24. The van der Waals surface area contributed by atoms with Gasteiger partial charge in [0, 0.05) is 28.6 Å². The smallest absolute Gasteiger partial charge is 0.0901 e. The van der Waals surface area contributed by atoms with E-state index in [1.54, 1.807) is 11.3 Å². The van der Waals surface area contributed by atoms with Crippen LogP contribution < -0.4 is 5.32 Å². The maximum absolute atomic E-state index is 9.41. The summed E-state index contributed by atoms with van der Waals surface area (Å²) in [6.45, 7) is 7.18. The molecule has 20 heavy (non-hydrogen) atoms. The van der Waals surface area contributed by atoms with Crippen LogP contribution in [-0.2, 0) is 0 Å². The molecule has 0 aliphatic carbocycles. The Kier molecular flexibility index (Phi) is 4.78. The Morgan fingerprint density at radius 1 is 1.30 bits per heavy atom. The van der Waals surface area contributed by atoms with Gasteiger partial charge in [-0.25, -0.2) is 4.98 Å². The van der Waals surface area contributed by atoms with Crippen molar-refractivity contribution in [1.29, 1.82) is 0 Å². The fourth-order valence-electron chi connectivity index (χ4n) is 1.86. The van der Waals surface area contributed by atoms with Crippen LogP contribution in [0.2, 0.25) is 0 Å². The molecule has 3 nitrogen and oxygen atoms in total. The third kappa shape index (κ3) is 3.58. The maximum Gasteiger partial charge on any atom is 0.0901 e. The molecule has 1 unspecified atom stereocenters. The zero-order chi connectivity index (χ0) is 14.6. The molecular formula is C16H22N2OS. The number of hydrogen-bond acceptors (Lipinski definition) is 4. The first-order valence-electron chi connectivity index (χ1n) is 6.93. The molecule has 0 bridgehead atoms. The third-order valence-electron chi connectivity index (χ3n) is 3.75. The van der Waals surface area contributed by atoms with Crippen LogP contribution in [0, 0.1) is 12.3 Å². The molecular weight excluding hydrogens is 268 g/mol. The van der Waals surface area contributed by atoms with Gasteiger partial charge in [0.25, 0.3) is 0 Å². The molecule has 2 aromatic rings. The predicted molar refractivity (Wildman–Crippen MR) is 86.3 cm³/mol. The van der Waals surface area contributed by atoms with Gasteiger partial charge in [-0.3, -0.25) is 0 Å². The summed E-state index contributed by atoms with van der Waals surface area (Å²) in [5.74, 6) is 0. The molecule has 0 fully saturated rings. The lowest BCUT2D eigenvalue weighted by atomic mass is 9.88. The first-order chi connectivity index (χ1) is 9.56. The van der Waals surface area contributed by atoms with Crippen molar-refractivity contribution in [2.24, 2.45) is 5.41 Å². The van der Waals surface area contributed by atoms with Crippen molar-refractivity contribution in [1.82, 2.24) is 4.98 Å². The summed E-state index contributed by atoms with van der Waals surface area (Å²) >= 11 is 1.67. The third-order valence-corrected chi connectivity index (χ3v) is 4.53. The molecule has 0 radical (unpaired) electrons. The number of nitrogens with zero attached hydrogens (tertiary/aromatic N) is 1. The van der Waals surface area contributed by atoms with Gasteiger partial charge in [0.1, 0.15) is 0 Å². The second-order valence-corrected chi connectivity index (χ2v) is 6.57. The molecule has 1 atom stereocenters. The molecule has 1 heterocycles. The summed E-state index contributed by atoms with van der Waals surface area (Å²) in [5, 5.41) is 16.0. The van der Waals surface area contributed by atoms with E-state index in [4.69, 9.17) is 0 Å². The lowest BCUT2D eigenvalue weighted by Gasteiger charge is -2.26. The summed E-state index contributed by atoms with van der Waals surface area (Å²) in [6, 6.07) is 8.30. The van der Waals surface area contributed by atoms with E-state index in [-0.39, 0.29) is 12.0 Å². The number of rotatable bonds is 6. The average molecular weight is 290 g/mol. The van der Waals surface area contributed by atoms with Crippen molar-refractivity contribution in [2.75, 3.05) is 18.5 Å². The molecule has 4 heteroatoms. The van der Waals surface area contributed by atoms with Crippen molar-refractivity contribution in [3.8, 4) is 11.3 Å². The highest BCUT2D eigenvalue weighted by molar-refractivity contribution is 7.09. The van der Waals surface area contributed by atoms with Crippen molar-refractivity contribution in [2.45, 2.75) is 27.2 Å². The molecule has 1 aromatic carbocycles. The Labute approximate surface area is 124 Å². The summed E-state index contributed by atoms with van der Waals surface area (Å²) in [5.41, 5.74) is 3.19. The van der Waals surface area contributed by atoms with E-state index < -0.39 is 0 Å². The summed E-state index contributed by atoms with van der Waals surface area (Å²) < 4.78 is 0. The van der Waals surface area contributed by atoms with E-state index >= 15 is 0 Å². The van der Waals surface area contributed by atoms with E-state index in [1.807, 2.05) is 6.92 Å². The zero-order valence-corrected chi connectivity index (χ0v) is 13.1. The molecule has 0 aliphatic heterocycles. The topological polar surface area (TPSA) is 45.1 Å². The number of aliphatic hydroxyl groups is 1. The molecule has 0 saturated carbocycles. The second-order valence-electron chi connectivity index (χ2n) is 5.50. The molecule has 0 amide bonds. The van der Waals surface area contributed by atoms with E-state index in [2.05, 4.69) is 53.8 Å². The van der Waals surface area contributed by atoms with E-state index in [0.29, 0.717) is 0 Å². The highest BCUT2D eigenvalue weighted by atomic mass is 32.1. The standard InChI is InChI=1S/C16H22N2OS/c1-4-16(3,11-19)10-17-14-7-5-13(6-8-14)15-9-20-12(2)18-15/h5-9,17,19H,4,10-11H2,1-3H3. The number of aryl methyl sites for hydroxylation is 1. The Morgan fingerprint density at radius 2 is 2.00 bits per heavy atom. The number of hydrogen-bond donors (Lipinski definition) is 2. The normalized spacial score (nSPS) is 14.0. The zero-order valence-electron chi connectivity index (χ0n) is 12.3. The maximum atomic E-state index is 9.41. The number of thiazole rings is 1. The molecule has 0 spiro atoms. The summed E-state index contributed by atoms with van der Waals surface area (Å²) in [6.07, 6.45) is 0.951. The lowest BCUT2D eigenvalue weighted by Crippen LogP contribution is -2.29. The predicted octanol–water partition coefficient (Wildman–Crippen LogP) is 3.94. The number of anilines is 1. The minimum absolute atomic E-state index is 0.0648. The van der Waals surface area contributed by atoms with Crippen LogP contribution in [0.1, 0.15) is 25.3 Å². The fourth-order valence-corrected chi connectivity index (χ4v) is 2.49. The highest BCUT2D eigenvalue weighted by Gasteiger charge is 2.20. The minimum atomic E-state index is -0.0648. The Morgan fingerprint density at radius 3 is 2.50 bits per heavy atom. The Bertz CT molecular complexity index is 544. The minimum Gasteiger partial charge on any atom is -0.396 e. The molecule has 2 rings (SSSR count). The fraction of sp³-hybridized carbons (Fsp3) is 0.438. The second kappa shape index (κ2) is 6.37. The molecule has 1 aromatic heterocycles. The van der Waals surface area contributed by atoms with Gasteiger partial charge in [0.05, 0.1) is 17.3 Å². The molecule has 0 saturated heterocycles. The van der Waals surface area contributed by atoms with Gasteiger partial charge in [-0.1, -0.05) is 26.0 Å². The SMILES string of the molecule is CCC(C)(CO)CNc1ccc(-c2csc(C)n2)cc1. The van der Waals surface area contributed by atoms with Crippen LogP contribution in [0.25, 0.3) is 11.3 Å². The van der Waals surface area contributed by atoms with Gasteiger partial charge in [0.15, 0.2) is 0 Å². The molecule has 0 aliphatic rings. The van der Waals surface area contributed by atoms with Crippen molar-refractivity contribution in [3.05, 3.63) is 34.7 Å². The number of nitrogens with one attached hydrogen (secondary N) is 1. The van der Waals surface area contributed by atoms with Gasteiger partial charge >= 0.3 is 0 Å². The van der Waals surface area contributed by atoms with Gasteiger partial charge in [-0.05, 0) is 25.5 Å². The van der Waals surface area contributed by atoms with Crippen molar-refractivity contribution in [3.63, 3.8) is 0 Å². The summed E-state index contributed by atoms with van der Waals surface area (Å²) in [7, 11) is 0. The van der Waals surface area contributed by atoms with Gasteiger partial charge in [-0.2, -0.15) is 0 Å². The molecule has 2 N–H and O–H groups in total. The van der Waals surface area contributed by atoms with Gasteiger partial charge < -0.3 is 10.4 Å². The lowest BCUT2D eigenvalue weighted by molar-refractivity contribution is 0.149. The number of benzene rings is 1. The van der Waals surface area contributed by atoms with Gasteiger partial charge in [0.2, 0.25) is 0 Å². The van der Waals surface area contributed by atoms with E-state index in [9.17, 15) is 5.11 Å². The van der Waals surface area contributed by atoms with Gasteiger partial charge in [-0.15, -0.1) is 11.3 Å². The van der Waals surface area contributed by atoms with E-state index in [0.717, 1.165) is 34.9 Å². The van der Waals surface area contributed by atoms with Crippen molar-refractivity contribution >= 4 is 17.0 Å². The molecule has 108 valence electrons. The largest absolute Gasteiger partial charge is 0.396 e. The number of aliphatic hydroxyl groups excluding tert-OH is 1. The first kappa shape index (κ1) is 15.0. The Balaban J connectivity index is 2.02. The van der Waals surface area contributed by atoms with Crippen LogP contribution in [-0.4, -0.2) is 23.2 Å². The Hall–Kier alpha value is -1.39.